The third-order valence-electron chi connectivity index (χ3n) is 2.13. The Labute approximate surface area is 120 Å². The van der Waals surface area contributed by atoms with Crippen LogP contribution >= 0.6 is 45.2 Å². The summed E-state index contributed by atoms with van der Waals surface area (Å²) in [5.41, 5.74) is 0. The van der Waals surface area contributed by atoms with Crippen LogP contribution in [0.2, 0.25) is 0 Å². The first kappa shape index (κ1) is 12.5. The Kier molecular flexibility index (Phi) is 3.44. The van der Waals surface area contributed by atoms with Gasteiger partial charge in [0, 0.05) is 7.14 Å². The van der Waals surface area contributed by atoms with E-state index < -0.39 is 10.1 Å². The van der Waals surface area contributed by atoms with E-state index in [0.717, 1.165) is 17.9 Å². The Morgan fingerprint density at radius 3 is 2.38 bits per heavy atom. The second-order valence-electron chi connectivity index (χ2n) is 3.22. The minimum atomic E-state index is -4.38. The van der Waals surface area contributed by atoms with Crippen LogP contribution in [-0.2, 0) is 10.1 Å². The Balaban J connectivity index is 2.82. The highest BCUT2D eigenvalue weighted by molar-refractivity contribution is 14.1. The molecule has 3 nitrogen and oxygen atoms in total. The summed E-state index contributed by atoms with van der Waals surface area (Å²) in [6.45, 7) is 0. The molecular formula is C10H5I2O3S-. The lowest BCUT2D eigenvalue weighted by atomic mass is 10.1. The van der Waals surface area contributed by atoms with Crippen LogP contribution in [0.5, 0.6) is 0 Å². The molecule has 2 aromatic carbocycles. The molecule has 0 saturated heterocycles. The molecule has 2 rings (SSSR count). The summed E-state index contributed by atoms with van der Waals surface area (Å²) in [5.74, 6) is 0. The molecule has 0 aromatic heterocycles. The molecule has 0 aliphatic heterocycles. The van der Waals surface area contributed by atoms with E-state index in [1.54, 1.807) is 6.07 Å². The Bertz CT molecular complexity index is 665. The van der Waals surface area contributed by atoms with Crippen LogP contribution in [0.4, 0.5) is 0 Å². The maximum atomic E-state index is 10.9. The van der Waals surface area contributed by atoms with Gasteiger partial charge in [0.1, 0.15) is 10.1 Å². The summed E-state index contributed by atoms with van der Waals surface area (Å²) in [4.78, 5) is -0.181. The van der Waals surface area contributed by atoms with E-state index in [2.05, 4.69) is 45.2 Å². The van der Waals surface area contributed by atoms with Crippen molar-refractivity contribution in [2.75, 3.05) is 0 Å². The fraction of sp³-hybridized carbons (Fsp3) is 0. The van der Waals surface area contributed by atoms with E-state index in [0.29, 0.717) is 0 Å². The van der Waals surface area contributed by atoms with Crippen molar-refractivity contribution in [1.29, 1.82) is 0 Å². The normalized spacial score (nSPS) is 11.9. The van der Waals surface area contributed by atoms with Crippen LogP contribution in [0.1, 0.15) is 0 Å². The molecule has 16 heavy (non-hydrogen) atoms. The molecule has 0 atom stereocenters. The lowest BCUT2D eigenvalue weighted by molar-refractivity contribution is 0.463. The van der Waals surface area contributed by atoms with E-state index in [-0.39, 0.29) is 4.90 Å². The Morgan fingerprint density at radius 2 is 1.75 bits per heavy atom. The van der Waals surface area contributed by atoms with E-state index >= 15 is 0 Å². The maximum absolute atomic E-state index is 10.9. The van der Waals surface area contributed by atoms with Crippen molar-refractivity contribution in [3.8, 4) is 0 Å². The molecule has 0 unspecified atom stereocenters. The van der Waals surface area contributed by atoms with Gasteiger partial charge in [-0.15, -0.1) is 0 Å². The Hall–Kier alpha value is 0.0700. The van der Waals surface area contributed by atoms with Gasteiger partial charge in [0.05, 0.1) is 4.90 Å². The van der Waals surface area contributed by atoms with Gasteiger partial charge in [0.2, 0.25) is 0 Å². The standard InChI is InChI=1S/C10H6I2O3S/c11-7-3-6-1-2-8(16(13,14)15)5-9(6)10(12)4-7/h1-5H,(H,13,14,15)/p-1. The zero-order chi connectivity index (χ0) is 11.9. The number of benzene rings is 2. The first-order valence-corrected chi connectivity index (χ1v) is 7.79. The van der Waals surface area contributed by atoms with Crippen molar-refractivity contribution in [2.45, 2.75) is 4.90 Å². The van der Waals surface area contributed by atoms with Gasteiger partial charge in [-0.1, -0.05) is 6.07 Å². The fourth-order valence-electron chi connectivity index (χ4n) is 1.41. The fourth-order valence-corrected chi connectivity index (χ4v) is 3.95. The quantitative estimate of drug-likeness (QED) is 0.487. The van der Waals surface area contributed by atoms with E-state index in [9.17, 15) is 13.0 Å². The zero-order valence-electron chi connectivity index (χ0n) is 7.78. The summed E-state index contributed by atoms with van der Waals surface area (Å²) in [7, 11) is -4.38. The van der Waals surface area contributed by atoms with Gasteiger partial charge < -0.3 is 4.55 Å². The van der Waals surface area contributed by atoms with Gasteiger partial charge in [0.15, 0.2) is 0 Å². The molecule has 6 heteroatoms. The summed E-state index contributed by atoms with van der Waals surface area (Å²) in [6.07, 6.45) is 0. The third-order valence-corrected chi connectivity index (χ3v) is 4.48. The molecule has 0 heterocycles. The van der Waals surface area contributed by atoms with Gasteiger partial charge in [-0.05, 0) is 80.2 Å². The molecule has 2 aromatic rings. The molecule has 0 aliphatic rings. The molecule has 0 amide bonds. The third kappa shape index (κ3) is 2.49. The average molecular weight is 459 g/mol. The second-order valence-corrected chi connectivity index (χ2v) is 7.01. The number of hydrogen-bond acceptors (Lipinski definition) is 3. The molecule has 0 aliphatic carbocycles. The van der Waals surface area contributed by atoms with Gasteiger partial charge in [0.25, 0.3) is 0 Å². The highest BCUT2D eigenvalue weighted by Gasteiger charge is 2.05. The SMILES string of the molecule is O=S(=O)([O-])c1ccc2cc(I)cc(I)c2c1. The van der Waals surface area contributed by atoms with Gasteiger partial charge in [-0.3, -0.25) is 0 Å². The van der Waals surface area contributed by atoms with Crippen LogP contribution in [0.25, 0.3) is 10.8 Å². The molecule has 0 bridgehead atoms. The maximum Gasteiger partial charge on any atom is 0.124 e. The lowest BCUT2D eigenvalue weighted by Gasteiger charge is -2.09. The molecule has 0 radical (unpaired) electrons. The van der Waals surface area contributed by atoms with Crippen molar-refractivity contribution >= 4 is 66.1 Å². The van der Waals surface area contributed by atoms with Crippen LogP contribution < -0.4 is 0 Å². The number of fused-ring (bicyclic) bond motifs is 1. The van der Waals surface area contributed by atoms with Crippen molar-refractivity contribution in [2.24, 2.45) is 0 Å². The van der Waals surface area contributed by atoms with Crippen molar-refractivity contribution < 1.29 is 13.0 Å². The Morgan fingerprint density at radius 1 is 1.06 bits per heavy atom. The van der Waals surface area contributed by atoms with E-state index in [1.165, 1.54) is 12.1 Å². The molecule has 0 spiro atoms. The largest absolute Gasteiger partial charge is 0.744 e. The number of rotatable bonds is 1. The summed E-state index contributed by atoms with van der Waals surface area (Å²) < 4.78 is 34.7. The van der Waals surface area contributed by atoms with Gasteiger partial charge in [-0.25, -0.2) is 8.42 Å². The molecule has 0 N–H and O–H groups in total. The monoisotopic (exact) mass is 459 g/mol. The van der Waals surface area contributed by atoms with Crippen molar-refractivity contribution in [3.05, 3.63) is 37.5 Å². The van der Waals surface area contributed by atoms with Crippen molar-refractivity contribution in [3.63, 3.8) is 0 Å². The number of halogens is 2. The molecule has 0 fully saturated rings. The van der Waals surface area contributed by atoms with E-state index in [1.807, 2.05) is 12.1 Å². The van der Waals surface area contributed by atoms with Crippen molar-refractivity contribution in [1.82, 2.24) is 0 Å². The highest BCUT2D eigenvalue weighted by Crippen LogP contribution is 2.26. The summed E-state index contributed by atoms with van der Waals surface area (Å²) in [6, 6.07) is 8.31. The zero-order valence-corrected chi connectivity index (χ0v) is 12.9. The average Bonchev–Trinajstić information content (AvgIpc) is 2.15. The number of hydrogen-bond donors (Lipinski definition) is 0. The summed E-state index contributed by atoms with van der Waals surface area (Å²) in [5, 5.41) is 1.72. The van der Waals surface area contributed by atoms with Crippen LogP contribution in [0.15, 0.2) is 35.2 Å². The molecule has 84 valence electrons. The van der Waals surface area contributed by atoms with E-state index in [4.69, 9.17) is 0 Å². The first-order chi connectivity index (χ1) is 7.38. The van der Waals surface area contributed by atoms with Crippen LogP contribution in [-0.4, -0.2) is 13.0 Å². The van der Waals surface area contributed by atoms with Crippen LogP contribution in [0, 0.1) is 7.14 Å². The molecular weight excluding hydrogens is 454 g/mol. The topological polar surface area (TPSA) is 57.2 Å². The second kappa shape index (κ2) is 4.39. The lowest BCUT2D eigenvalue weighted by Crippen LogP contribution is -1.98. The summed E-state index contributed by atoms with van der Waals surface area (Å²) >= 11 is 4.32. The predicted octanol–water partition coefficient (Wildman–Crippen LogP) is 2.95. The van der Waals surface area contributed by atoms with Crippen LogP contribution in [0.3, 0.4) is 0 Å². The predicted molar refractivity (Wildman–Crippen MR) is 77.3 cm³/mol. The first-order valence-electron chi connectivity index (χ1n) is 4.22. The highest BCUT2D eigenvalue weighted by atomic mass is 127. The van der Waals surface area contributed by atoms with Gasteiger partial charge in [-0.2, -0.15) is 0 Å². The minimum Gasteiger partial charge on any atom is -0.744 e. The smallest absolute Gasteiger partial charge is 0.124 e. The molecule has 0 saturated carbocycles. The minimum absolute atomic E-state index is 0.181. The van der Waals surface area contributed by atoms with Gasteiger partial charge >= 0.3 is 0 Å².